The van der Waals surface area contributed by atoms with E-state index in [1.54, 1.807) is 37.3 Å². The fourth-order valence-electron chi connectivity index (χ4n) is 2.53. The van der Waals surface area contributed by atoms with Gasteiger partial charge in [-0.1, -0.05) is 24.3 Å². The summed E-state index contributed by atoms with van der Waals surface area (Å²) in [6.07, 6.45) is 0. The van der Waals surface area contributed by atoms with Crippen LogP contribution in [0.2, 0.25) is 0 Å². The molecule has 0 unspecified atom stereocenters. The van der Waals surface area contributed by atoms with Crippen LogP contribution < -0.4 is 8.92 Å². The predicted octanol–water partition coefficient (Wildman–Crippen LogP) is 4.02. The first kappa shape index (κ1) is 17.2. The van der Waals surface area contributed by atoms with Crippen LogP contribution >= 0.6 is 0 Å². The summed E-state index contributed by atoms with van der Waals surface area (Å²) in [6, 6.07) is 13.9. The third-order valence-corrected chi connectivity index (χ3v) is 4.95. The summed E-state index contributed by atoms with van der Waals surface area (Å²) in [5, 5.41) is 0.813. The lowest BCUT2D eigenvalue weighted by Gasteiger charge is -2.13. The molecule has 0 amide bonds. The zero-order chi connectivity index (χ0) is 18.0. The number of ether oxygens (including phenoxy) is 1. The number of para-hydroxylation sites is 1. The maximum Gasteiger partial charge on any atom is 0.343 e. The molecule has 0 radical (unpaired) electrons. The van der Waals surface area contributed by atoms with Crippen molar-refractivity contribution in [2.75, 3.05) is 6.61 Å². The fourth-order valence-corrected chi connectivity index (χ4v) is 3.70. The maximum atomic E-state index is 12.8. The second-order valence-corrected chi connectivity index (χ2v) is 7.22. The number of pyridine rings is 1. The third kappa shape index (κ3) is 3.58. The van der Waals surface area contributed by atoms with E-state index in [4.69, 9.17) is 8.92 Å². The van der Waals surface area contributed by atoms with Crippen LogP contribution in [-0.2, 0) is 10.1 Å². The van der Waals surface area contributed by atoms with Crippen molar-refractivity contribution in [3.8, 4) is 11.5 Å². The van der Waals surface area contributed by atoms with Gasteiger partial charge in [0.05, 0.1) is 6.61 Å². The standard InChI is InChI=1S/C19H19NO4S/c1-4-23-16-11-8-13(2)12-18(16)25(21,22)24-17-7-5-6-15-10-9-14(3)20-19(15)17/h5-12H,4H2,1-3H3. The van der Waals surface area contributed by atoms with Crippen LogP contribution in [0.1, 0.15) is 18.2 Å². The normalized spacial score (nSPS) is 11.5. The van der Waals surface area contributed by atoms with Gasteiger partial charge in [-0.2, -0.15) is 8.42 Å². The van der Waals surface area contributed by atoms with Crippen molar-refractivity contribution < 1.29 is 17.3 Å². The van der Waals surface area contributed by atoms with Gasteiger partial charge >= 0.3 is 10.1 Å². The summed E-state index contributed by atoms with van der Waals surface area (Å²) >= 11 is 0. The summed E-state index contributed by atoms with van der Waals surface area (Å²) in [6.45, 7) is 5.82. The molecular weight excluding hydrogens is 338 g/mol. The van der Waals surface area contributed by atoms with Gasteiger partial charge in [-0.05, 0) is 50.6 Å². The number of hydrogen-bond acceptors (Lipinski definition) is 5. The molecule has 1 heterocycles. The van der Waals surface area contributed by atoms with Gasteiger partial charge in [0.15, 0.2) is 5.75 Å². The van der Waals surface area contributed by atoms with Crippen molar-refractivity contribution in [3.63, 3.8) is 0 Å². The zero-order valence-electron chi connectivity index (χ0n) is 14.3. The van der Waals surface area contributed by atoms with Gasteiger partial charge in [0.1, 0.15) is 16.2 Å². The molecule has 1 aromatic heterocycles. The molecule has 0 saturated carbocycles. The molecule has 0 aliphatic heterocycles. The van der Waals surface area contributed by atoms with Crippen LogP contribution in [0.25, 0.3) is 10.9 Å². The van der Waals surface area contributed by atoms with Gasteiger partial charge in [-0.15, -0.1) is 0 Å². The molecule has 0 aliphatic rings. The van der Waals surface area contributed by atoms with Crippen molar-refractivity contribution in [3.05, 3.63) is 59.8 Å². The lowest BCUT2D eigenvalue weighted by atomic mass is 10.2. The van der Waals surface area contributed by atoms with E-state index >= 15 is 0 Å². The van der Waals surface area contributed by atoms with Crippen molar-refractivity contribution in [1.82, 2.24) is 4.98 Å². The molecule has 3 rings (SSSR count). The van der Waals surface area contributed by atoms with Crippen LogP contribution in [0.15, 0.2) is 53.4 Å². The average molecular weight is 357 g/mol. The first-order valence-corrected chi connectivity index (χ1v) is 9.36. The molecule has 0 aliphatic carbocycles. The van der Waals surface area contributed by atoms with E-state index in [0.717, 1.165) is 16.6 Å². The number of benzene rings is 2. The minimum atomic E-state index is -4.06. The molecule has 0 N–H and O–H groups in total. The minimum absolute atomic E-state index is 0.0130. The molecule has 25 heavy (non-hydrogen) atoms. The smallest absolute Gasteiger partial charge is 0.343 e. The highest BCUT2D eigenvalue weighted by Crippen LogP contribution is 2.31. The SMILES string of the molecule is CCOc1ccc(C)cc1S(=O)(=O)Oc1cccc2ccc(C)nc12. The highest BCUT2D eigenvalue weighted by Gasteiger charge is 2.23. The Bertz CT molecular complexity index is 1030. The van der Waals surface area contributed by atoms with Gasteiger partial charge < -0.3 is 8.92 Å². The molecule has 130 valence electrons. The molecule has 0 fully saturated rings. The third-order valence-electron chi connectivity index (χ3n) is 3.69. The summed E-state index contributed by atoms with van der Waals surface area (Å²) < 4.78 is 36.6. The second kappa shape index (κ2) is 6.72. The summed E-state index contributed by atoms with van der Waals surface area (Å²) in [5.41, 5.74) is 2.10. The lowest BCUT2D eigenvalue weighted by Crippen LogP contribution is -2.12. The molecule has 0 atom stereocenters. The Morgan fingerprint density at radius 2 is 1.80 bits per heavy atom. The van der Waals surface area contributed by atoms with E-state index in [-0.39, 0.29) is 16.4 Å². The van der Waals surface area contributed by atoms with E-state index in [1.165, 1.54) is 0 Å². The highest BCUT2D eigenvalue weighted by atomic mass is 32.2. The van der Waals surface area contributed by atoms with Crippen LogP contribution in [0.3, 0.4) is 0 Å². The monoisotopic (exact) mass is 357 g/mol. The molecule has 0 spiro atoms. The van der Waals surface area contributed by atoms with E-state index in [1.807, 2.05) is 32.0 Å². The van der Waals surface area contributed by atoms with Crippen molar-refractivity contribution in [2.45, 2.75) is 25.7 Å². The number of aromatic nitrogens is 1. The highest BCUT2D eigenvalue weighted by molar-refractivity contribution is 7.87. The fraction of sp³-hybridized carbons (Fsp3) is 0.211. The Morgan fingerprint density at radius 3 is 2.56 bits per heavy atom. The van der Waals surface area contributed by atoms with Crippen LogP contribution in [0, 0.1) is 13.8 Å². The van der Waals surface area contributed by atoms with Gasteiger partial charge in [0, 0.05) is 11.1 Å². The molecule has 5 nitrogen and oxygen atoms in total. The predicted molar refractivity (Wildman–Crippen MR) is 96.6 cm³/mol. The molecule has 0 saturated heterocycles. The maximum absolute atomic E-state index is 12.8. The number of aryl methyl sites for hydroxylation is 2. The minimum Gasteiger partial charge on any atom is -0.492 e. The van der Waals surface area contributed by atoms with Gasteiger partial charge in [0.25, 0.3) is 0 Å². The van der Waals surface area contributed by atoms with E-state index < -0.39 is 10.1 Å². The van der Waals surface area contributed by atoms with Crippen molar-refractivity contribution in [2.24, 2.45) is 0 Å². The van der Waals surface area contributed by atoms with Crippen LogP contribution in [0.5, 0.6) is 11.5 Å². The van der Waals surface area contributed by atoms with Crippen molar-refractivity contribution in [1.29, 1.82) is 0 Å². The molecule has 3 aromatic rings. The van der Waals surface area contributed by atoms with Crippen LogP contribution in [0.4, 0.5) is 0 Å². The molecule has 0 bridgehead atoms. The van der Waals surface area contributed by atoms with Gasteiger partial charge in [-0.3, -0.25) is 0 Å². The summed E-state index contributed by atoms with van der Waals surface area (Å²) in [7, 11) is -4.06. The number of rotatable bonds is 5. The van der Waals surface area contributed by atoms with E-state index in [9.17, 15) is 8.42 Å². The first-order chi connectivity index (χ1) is 11.9. The Labute approximate surface area is 147 Å². The lowest BCUT2D eigenvalue weighted by molar-refractivity contribution is 0.329. The van der Waals surface area contributed by atoms with Crippen LogP contribution in [-0.4, -0.2) is 20.0 Å². The second-order valence-electron chi connectivity index (χ2n) is 5.70. The quantitative estimate of drug-likeness (QED) is 0.645. The number of nitrogens with zero attached hydrogens (tertiary/aromatic N) is 1. The Hall–Kier alpha value is -2.60. The Kier molecular flexibility index (Phi) is 4.63. The molecular formula is C19H19NO4S. The largest absolute Gasteiger partial charge is 0.492 e. The Balaban J connectivity index is 2.09. The molecule has 2 aromatic carbocycles. The number of hydrogen-bond donors (Lipinski definition) is 0. The van der Waals surface area contributed by atoms with Crippen molar-refractivity contribution >= 4 is 21.0 Å². The average Bonchev–Trinajstić information content (AvgIpc) is 2.57. The Morgan fingerprint density at radius 1 is 1.00 bits per heavy atom. The summed E-state index contributed by atoms with van der Waals surface area (Å²) in [4.78, 5) is 4.42. The number of fused-ring (bicyclic) bond motifs is 1. The van der Waals surface area contributed by atoms with Gasteiger partial charge in [0.2, 0.25) is 0 Å². The van der Waals surface area contributed by atoms with Gasteiger partial charge in [-0.25, -0.2) is 4.98 Å². The van der Waals surface area contributed by atoms with E-state index in [2.05, 4.69) is 4.98 Å². The van der Waals surface area contributed by atoms with E-state index in [0.29, 0.717) is 12.1 Å². The zero-order valence-corrected chi connectivity index (χ0v) is 15.1. The molecule has 6 heteroatoms. The summed E-state index contributed by atoms with van der Waals surface area (Å²) in [5.74, 6) is 0.475. The first-order valence-electron chi connectivity index (χ1n) is 7.95. The topological polar surface area (TPSA) is 65.5 Å².